The fraction of sp³-hybridized carbons (Fsp3) is 0.467. The summed E-state index contributed by atoms with van der Waals surface area (Å²) in [5.74, 6) is -1.26. The van der Waals surface area contributed by atoms with Gasteiger partial charge in [-0.05, 0) is 30.5 Å². The molecule has 6 nitrogen and oxygen atoms in total. The number of nitrogens with one attached hydrogen (secondary N) is 1. The summed E-state index contributed by atoms with van der Waals surface area (Å²) >= 11 is 0. The van der Waals surface area contributed by atoms with Crippen molar-refractivity contribution in [3.8, 4) is 0 Å². The van der Waals surface area contributed by atoms with Crippen LogP contribution >= 0.6 is 0 Å². The van der Waals surface area contributed by atoms with Crippen LogP contribution in [-0.2, 0) is 20.9 Å². The number of hydrogen-bond acceptors (Lipinski definition) is 4. The van der Waals surface area contributed by atoms with Crippen LogP contribution in [0.25, 0.3) is 0 Å². The van der Waals surface area contributed by atoms with E-state index in [1.165, 1.54) is 0 Å². The summed E-state index contributed by atoms with van der Waals surface area (Å²) < 4.78 is 5.21. The first-order valence-electron chi connectivity index (χ1n) is 6.89. The van der Waals surface area contributed by atoms with E-state index in [-0.39, 0.29) is 5.91 Å². The number of carbonyl (C=O) groups excluding carboxylic acids is 1. The Labute approximate surface area is 123 Å². The molecule has 1 aliphatic heterocycles. The van der Waals surface area contributed by atoms with Gasteiger partial charge < -0.3 is 20.1 Å². The Hall–Kier alpha value is -2.08. The van der Waals surface area contributed by atoms with Gasteiger partial charge in [0.25, 0.3) is 0 Å². The number of amides is 1. The lowest BCUT2D eigenvalue weighted by Gasteiger charge is -2.14. The molecule has 114 valence electrons. The maximum atomic E-state index is 11.9. The number of hydrogen-bond donors (Lipinski definition) is 2. The molecule has 1 saturated heterocycles. The second kappa shape index (κ2) is 6.58. The summed E-state index contributed by atoms with van der Waals surface area (Å²) in [4.78, 5) is 24.7. The minimum Gasteiger partial charge on any atom is -0.479 e. The van der Waals surface area contributed by atoms with Crippen molar-refractivity contribution >= 4 is 17.6 Å². The molecule has 0 aliphatic carbocycles. The number of rotatable bonds is 5. The van der Waals surface area contributed by atoms with E-state index in [9.17, 15) is 9.59 Å². The summed E-state index contributed by atoms with van der Waals surface area (Å²) in [5.41, 5.74) is 2.08. The Balaban J connectivity index is 1.83. The van der Waals surface area contributed by atoms with Gasteiger partial charge in [-0.2, -0.15) is 0 Å². The summed E-state index contributed by atoms with van der Waals surface area (Å²) in [6.45, 7) is 0.407. The van der Waals surface area contributed by atoms with Gasteiger partial charge in [0, 0.05) is 26.3 Å². The zero-order valence-corrected chi connectivity index (χ0v) is 12.2. The molecule has 1 aromatic carbocycles. The Kier molecular flexibility index (Phi) is 4.80. The highest BCUT2D eigenvalue weighted by molar-refractivity contribution is 5.82. The molecule has 0 saturated carbocycles. The number of benzene rings is 1. The van der Waals surface area contributed by atoms with E-state index in [0.717, 1.165) is 11.3 Å². The van der Waals surface area contributed by atoms with Gasteiger partial charge in [0.2, 0.25) is 5.91 Å². The fourth-order valence-corrected chi connectivity index (χ4v) is 2.23. The predicted molar refractivity (Wildman–Crippen MR) is 78.1 cm³/mol. The van der Waals surface area contributed by atoms with Crippen LogP contribution in [0.15, 0.2) is 24.3 Å². The third-order valence-corrected chi connectivity index (χ3v) is 3.51. The molecule has 2 N–H and O–H groups in total. The Morgan fingerprint density at radius 2 is 1.86 bits per heavy atom. The monoisotopic (exact) mass is 292 g/mol. The highest BCUT2D eigenvalue weighted by Gasteiger charge is 2.34. The van der Waals surface area contributed by atoms with Gasteiger partial charge in [0.1, 0.15) is 6.10 Å². The molecule has 1 amide bonds. The van der Waals surface area contributed by atoms with Crippen molar-refractivity contribution in [1.82, 2.24) is 5.32 Å². The lowest BCUT2D eigenvalue weighted by atomic mass is 10.1. The largest absolute Gasteiger partial charge is 0.479 e. The SMILES string of the molecule is CN(C)c1ccc(CNC(=O)C2CCC(C(=O)O)O2)cc1. The van der Waals surface area contributed by atoms with Crippen LogP contribution in [0.2, 0.25) is 0 Å². The molecule has 6 heteroatoms. The van der Waals surface area contributed by atoms with Crippen molar-refractivity contribution in [1.29, 1.82) is 0 Å². The zero-order chi connectivity index (χ0) is 15.4. The van der Waals surface area contributed by atoms with E-state index in [1.54, 1.807) is 0 Å². The van der Waals surface area contributed by atoms with Crippen LogP contribution in [-0.4, -0.2) is 43.3 Å². The first-order valence-corrected chi connectivity index (χ1v) is 6.89. The molecule has 0 radical (unpaired) electrons. The molecule has 1 heterocycles. The number of carboxylic acids is 1. The molecule has 2 rings (SSSR count). The highest BCUT2D eigenvalue weighted by atomic mass is 16.5. The third kappa shape index (κ3) is 3.95. The van der Waals surface area contributed by atoms with Crippen LogP contribution in [0.4, 0.5) is 5.69 Å². The van der Waals surface area contributed by atoms with E-state index in [4.69, 9.17) is 9.84 Å². The number of anilines is 1. The number of carboxylic acid groups (broad SMARTS) is 1. The maximum absolute atomic E-state index is 11.9. The van der Waals surface area contributed by atoms with E-state index in [0.29, 0.717) is 19.4 Å². The van der Waals surface area contributed by atoms with Crippen molar-refractivity contribution in [2.75, 3.05) is 19.0 Å². The van der Waals surface area contributed by atoms with E-state index >= 15 is 0 Å². The van der Waals surface area contributed by atoms with Crippen LogP contribution in [0, 0.1) is 0 Å². The maximum Gasteiger partial charge on any atom is 0.332 e. The van der Waals surface area contributed by atoms with Gasteiger partial charge in [-0.25, -0.2) is 4.79 Å². The van der Waals surface area contributed by atoms with Crippen LogP contribution < -0.4 is 10.2 Å². The van der Waals surface area contributed by atoms with Gasteiger partial charge in [-0.1, -0.05) is 12.1 Å². The molecule has 1 aromatic rings. The first-order chi connectivity index (χ1) is 9.97. The van der Waals surface area contributed by atoms with Crippen LogP contribution in [0.1, 0.15) is 18.4 Å². The smallest absolute Gasteiger partial charge is 0.332 e. The van der Waals surface area contributed by atoms with Crippen LogP contribution in [0.3, 0.4) is 0 Å². The molecule has 1 aliphatic rings. The van der Waals surface area contributed by atoms with Crippen molar-refractivity contribution < 1.29 is 19.4 Å². The average Bonchev–Trinajstić information content (AvgIpc) is 2.95. The van der Waals surface area contributed by atoms with Crippen LogP contribution in [0.5, 0.6) is 0 Å². The zero-order valence-electron chi connectivity index (χ0n) is 12.2. The van der Waals surface area contributed by atoms with Crippen molar-refractivity contribution in [2.45, 2.75) is 31.6 Å². The van der Waals surface area contributed by atoms with E-state index in [2.05, 4.69) is 5.32 Å². The van der Waals surface area contributed by atoms with Gasteiger partial charge in [-0.15, -0.1) is 0 Å². The molecular weight excluding hydrogens is 272 g/mol. The highest BCUT2D eigenvalue weighted by Crippen LogP contribution is 2.20. The van der Waals surface area contributed by atoms with E-state index < -0.39 is 18.2 Å². The molecule has 0 spiro atoms. The Bertz CT molecular complexity index is 513. The molecular formula is C15H20N2O4. The second-order valence-corrected chi connectivity index (χ2v) is 5.31. The second-order valence-electron chi connectivity index (χ2n) is 5.31. The molecule has 2 unspecified atom stereocenters. The Morgan fingerprint density at radius 3 is 2.38 bits per heavy atom. The normalized spacial score (nSPS) is 21.0. The standard InChI is InChI=1S/C15H20N2O4/c1-17(2)11-5-3-10(4-6-11)9-16-14(18)12-7-8-13(21-12)15(19)20/h3-6,12-13H,7-9H2,1-2H3,(H,16,18)(H,19,20). The van der Waals surface area contributed by atoms with Gasteiger partial charge in [0.05, 0.1) is 0 Å². The average molecular weight is 292 g/mol. The molecule has 0 bridgehead atoms. The van der Waals surface area contributed by atoms with E-state index in [1.807, 2.05) is 43.3 Å². The summed E-state index contributed by atoms with van der Waals surface area (Å²) in [6.07, 6.45) is -0.694. The van der Waals surface area contributed by atoms with Gasteiger partial charge in [-0.3, -0.25) is 4.79 Å². The lowest BCUT2D eigenvalue weighted by Crippen LogP contribution is -2.35. The quantitative estimate of drug-likeness (QED) is 0.846. The minimum atomic E-state index is -1.01. The predicted octanol–water partition coefficient (Wildman–Crippen LogP) is 1.00. The fourth-order valence-electron chi connectivity index (χ4n) is 2.23. The van der Waals surface area contributed by atoms with Crippen molar-refractivity contribution in [2.24, 2.45) is 0 Å². The molecule has 2 atom stereocenters. The molecule has 21 heavy (non-hydrogen) atoms. The minimum absolute atomic E-state index is 0.254. The molecule has 1 fully saturated rings. The van der Waals surface area contributed by atoms with Crippen molar-refractivity contribution in [3.05, 3.63) is 29.8 Å². The topological polar surface area (TPSA) is 78.9 Å². The van der Waals surface area contributed by atoms with Crippen molar-refractivity contribution in [3.63, 3.8) is 0 Å². The summed E-state index contributed by atoms with van der Waals surface area (Å²) in [6, 6.07) is 7.86. The lowest BCUT2D eigenvalue weighted by molar-refractivity contribution is -0.151. The first kappa shape index (κ1) is 15.3. The van der Waals surface area contributed by atoms with Gasteiger partial charge >= 0.3 is 5.97 Å². The number of ether oxygens (including phenoxy) is 1. The summed E-state index contributed by atoms with van der Waals surface area (Å²) in [7, 11) is 3.93. The summed E-state index contributed by atoms with van der Waals surface area (Å²) in [5, 5.41) is 11.6. The Morgan fingerprint density at radius 1 is 1.24 bits per heavy atom. The molecule has 0 aromatic heterocycles. The number of aliphatic carboxylic acids is 1. The third-order valence-electron chi connectivity index (χ3n) is 3.51. The van der Waals surface area contributed by atoms with Gasteiger partial charge in [0.15, 0.2) is 6.10 Å². The number of carbonyl (C=O) groups is 2. The number of nitrogens with zero attached hydrogens (tertiary/aromatic N) is 1.